The van der Waals surface area contributed by atoms with Crippen molar-refractivity contribution in [3.05, 3.63) is 59.2 Å². The van der Waals surface area contributed by atoms with Gasteiger partial charge in [-0.05, 0) is 39.0 Å². The van der Waals surface area contributed by atoms with Gasteiger partial charge in [-0.3, -0.25) is 19.1 Å². The lowest BCUT2D eigenvalue weighted by Gasteiger charge is -2.20. The van der Waals surface area contributed by atoms with Crippen molar-refractivity contribution in [3.63, 3.8) is 0 Å². The van der Waals surface area contributed by atoms with E-state index in [-0.39, 0.29) is 18.0 Å². The molecule has 0 unspecified atom stereocenters. The third-order valence-electron chi connectivity index (χ3n) is 4.75. The Bertz CT molecular complexity index is 1230. The van der Waals surface area contributed by atoms with Crippen LogP contribution in [0.1, 0.15) is 28.8 Å². The summed E-state index contributed by atoms with van der Waals surface area (Å²) in [7, 11) is 0. The predicted octanol–water partition coefficient (Wildman–Crippen LogP) is 3.95. The van der Waals surface area contributed by atoms with Gasteiger partial charge in [0.1, 0.15) is 17.0 Å². The second kappa shape index (κ2) is 7.94. The fourth-order valence-electron chi connectivity index (χ4n) is 3.35. The van der Waals surface area contributed by atoms with Crippen LogP contribution >= 0.6 is 11.3 Å². The van der Waals surface area contributed by atoms with Crippen LogP contribution in [0.15, 0.2) is 30.5 Å². The van der Waals surface area contributed by atoms with Crippen LogP contribution < -0.4 is 4.90 Å². The number of aryl methyl sites for hydroxylation is 3. The smallest absolute Gasteiger partial charge is 0.278 e. The van der Waals surface area contributed by atoms with Crippen LogP contribution in [0.2, 0.25) is 0 Å². The zero-order valence-electron chi connectivity index (χ0n) is 16.8. The Balaban J connectivity index is 1.74. The number of aromatic nitrogens is 5. The monoisotopic (exact) mass is 430 g/mol. The summed E-state index contributed by atoms with van der Waals surface area (Å²) < 4.78 is 31.6. The summed E-state index contributed by atoms with van der Waals surface area (Å²) in [5.74, 6) is -1.74. The molecule has 3 heterocycles. The van der Waals surface area contributed by atoms with E-state index in [4.69, 9.17) is 0 Å². The lowest BCUT2D eigenvalue weighted by molar-refractivity contribution is 0.0975. The van der Waals surface area contributed by atoms with Crippen molar-refractivity contribution in [2.24, 2.45) is 0 Å². The highest BCUT2D eigenvalue weighted by atomic mass is 32.1. The summed E-state index contributed by atoms with van der Waals surface area (Å²) in [5.41, 5.74) is 2.30. The first-order valence-corrected chi connectivity index (χ1v) is 10.3. The number of carbonyl (C=O) groups is 1. The summed E-state index contributed by atoms with van der Waals surface area (Å²) in [6.45, 7) is 6.95. The van der Waals surface area contributed by atoms with Gasteiger partial charge in [0.25, 0.3) is 5.91 Å². The Morgan fingerprint density at radius 2 is 2.00 bits per heavy atom. The number of halogens is 2. The maximum absolute atomic E-state index is 14.2. The van der Waals surface area contributed by atoms with E-state index < -0.39 is 11.6 Å². The summed E-state index contributed by atoms with van der Waals surface area (Å²) in [6, 6.07) is 5.60. The second-order valence-corrected chi connectivity index (χ2v) is 7.88. The molecule has 0 atom stereocenters. The van der Waals surface area contributed by atoms with Crippen molar-refractivity contribution in [2.75, 3.05) is 11.4 Å². The summed E-state index contributed by atoms with van der Waals surface area (Å²) in [6.07, 6.45) is 1.56. The molecule has 0 aliphatic heterocycles. The van der Waals surface area contributed by atoms with Crippen LogP contribution in [0.5, 0.6) is 0 Å². The van der Waals surface area contributed by atoms with Gasteiger partial charge in [0.05, 0.1) is 16.9 Å². The second-order valence-electron chi connectivity index (χ2n) is 6.87. The number of nitrogens with zero attached hydrogens (tertiary/aromatic N) is 6. The van der Waals surface area contributed by atoms with E-state index in [2.05, 4.69) is 15.2 Å². The third kappa shape index (κ3) is 3.70. The highest BCUT2D eigenvalue weighted by Gasteiger charge is 2.25. The topological polar surface area (TPSA) is 68.8 Å². The zero-order chi connectivity index (χ0) is 21.4. The number of anilines is 1. The van der Waals surface area contributed by atoms with Crippen LogP contribution in [0.4, 0.5) is 13.9 Å². The molecule has 0 fully saturated rings. The van der Waals surface area contributed by atoms with Gasteiger partial charge in [-0.25, -0.2) is 13.8 Å². The molecule has 0 aliphatic rings. The third-order valence-corrected chi connectivity index (χ3v) is 5.78. The molecule has 4 aromatic rings. The molecule has 30 heavy (non-hydrogen) atoms. The molecule has 7 nitrogen and oxygen atoms in total. The first-order valence-electron chi connectivity index (χ1n) is 9.47. The molecule has 0 saturated carbocycles. The Morgan fingerprint density at radius 3 is 2.70 bits per heavy atom. The van der Waals surface area contributed by atoms with Gasteiger partial charge in [0.15, 0.2) is 10.9 Å². The van der Waals surface area contributed by atoms with Crippen molar-refractivity contribution in [1.82, 2.24) is 24.5 Å². The molecular formula is C20H20F2N6OS. The average Bonchev–Trinajstić information content (AvgIpc) is 3.40. The number of thiazole rings is 1. The normalized spacial score (nSPS) is 11.4. The van der Waals surface area contributed by atoms with E-state index in [1.807, 2.05) is 26.8 Å². The number of fused-ring (bicyclic) bond motifs is 1. The number of hydrogen-bond acceptors (Lipinski definition) is 5. The van der Waals surface area contributed by atoms with Gasteiger partial charge in [-0.1, -0.05) is 11.3 Å². The molecule has 0 radical (unpaired) electrons. The summed E-state index contributed by atoms with van der Waals surface area (Å²) in [4.78, 5) is 19.1. The van der Waals surface area contributed by atoms with Gasteiger partial charge in [0.2, 0.25) is 0 Å². The summed E-state index contributed by atoms with van der Waals surface area (Å²) >= 11 is 1.07. The van der Waals surface area contributed by atoms with Crippen LogP contribution in [0.3, 0.4) is 0 Å². The quantitative estimate of drug-likeness (QED) is 0.465. The van der Waals surface area contributed by atoms with Gasteiger partial charge < -0.3 is 0 Å². The minimum atomic E-state index is -0.753. The lowest BCUT2D eigenvalue weighted by Crippen LogP contribution is -2.35. The Hall–Kier alpha value is -3.14. The minimum absolute atomic E-state index is 0.0457. The van der Waals surface area contributed by atoms with Crippen molar-refractivity contribution >= 4 is 32.6 Å². The molecule has 0 saturated heterocycles. The van der Waals surface area contributed by atoms with Gasteiger partial charge >= 0.3 is 0 Å². The zero-order valence-corrected chi connectivity index (χ0v) is 17.6. The first kappa shape index (κ1) is 20.1. The van der Waals surface area contributed by atoms with Crippen molar-refractivity contribution in [2.45, 2.75) is 33.9 Å². The van der Waals surface area contributed by atoms with Crippen LogP contribution in [0.25, 0.3) is 10.2 Å². The van der Waals surface area contributed by atoms with Gasteiger partial charge in [0, 0.05) is 31.0 Å². The van der Waals surface area contributed by atoms with E-state index in [9.17, 15) is 13.6 Å². The fraction of sp³-hybridized carbons (Fsp3) is 0.300. The molecule has 0 bridgehead atoms. The molecule has 10 heteroatoms. The van der Waals surface area contributed by atoms with E-state index >= 15 is 0 Å². The lowest BCUT2D eigenvalue weighted by atomic mass is 10.3. The van der Waals surface area contributed by atoms with Gasteiger partial charge in [-0.15, -0.1) is 0 Å². The Kier molecular flexibility index (Phi) is 5.33. The van der Waals surface area contributed by atoms with Crippen molar-refractivity contribution < 1.29 is 13.6 Å². The van der Waals surface area contributed by atoms with Crippen LogP contribution in [-0.4, -0.2) is 37.0 Å². The van der Waals surface area contributed by atoms with E-state index in [1.54, 1.807) is 21.6 Å². The van der Waals surface area contributed by atoms with Gasteiger partial charge in [-0.2, -0.15) is 10.2 Å². The fourth-order valence-corrected chi connectivity index (χ4v) is 4.37. The number of rotatable bonds is 6. The molecule has 3 aromatic heterocycles. The van der Waals surface area contributed by atoms with Crippen molar-refractivity contribution in [1.29, 1.82) is 0 Å². The Labute approximate surface area is 175 Å². The molecular weight excluding hydrogens is 410 g/mol. The number of benzene rings is 1. The molecule has 0 spiro atoms. The van der Waals surface area contributed by atoms with Crippen LogP contribution in [0, 0.1) is 25.5 Å². The van der Waals surface area contributed by atoms with Crippen molar-refractivity contribution in [3.8, 4) is 0 Å². The number of carbonyl (C=O) groups excluding carboxylic acids is 1. The molecule has 1 amide bonds. The largest absolute Gasteiger partial charge is 0.281 e. The maximum atomic E-state index is 14.2. The molecule has 0 N–H and O–H groups in total. The molecule has 1 aromatic carbocycles. The first-order chi connectivity index (χ1) is 14.4. The highest BCUT2D eigenvalue weighted by molar-refractivity contribution is 7.22. The predicted molar refractivity (Wildman–Crippen MR) is 111 cm³/mol. The average molecular weight is 430 g/mol. The summed E-state index contributed by atoms with van der Waals surface area (Å²) in [5, 5.41) is 8.89. The van der Waals surface area contributed by atoms with E-state index in [1.165, 1.54) is 11.0 Å². The highest BCUT2D eigenvalue weighted by Crippen LogP contribution is 2.32. The minimum Gasteiger partial charge on any atom is -0.281 e. The standard InChI is InChI=1S/C20H20F2N6OS/c1-4-27-16(5-6-23-27)19(29)26(7-8-28-13(3)9-12(2)25-28)20-24-18-15(22)10-14(21)11-17(18)30-20/h5-6,9-11H,4,7-8H2,1-3H3. The number of amides is 1. The number of hydrogen-bond donors (Lipinski definition) is 0. The molecule has 156 valence electrons. The molecule has 0 aliphatic carbocycles. The Morgan fingerprint density at radius 1 is 1.20 bits per heavy atom. The van der Waals surface area contributed by atoms with E-state index in [0.717, 1.165) is 28.8 Å². The maximum Gasteiger partial charge on any atom is 0.278 e. The van der Waals surface area contributed by atoms with E-state index in [0.29, 0.717) is 28.6 Å². The van der Waals surface area contributed by atoms with Crippen LogP contribution in [-0.2, 0) is 13.1 Å². The molecule has 4 rings (SSSR count). The SMILES string of the molecule is CCn1nccc1C(=O)N(CCn1nc(C)cc1C)c1nc2c(F)cc(F)cc2s1.